The van der Waals surface area contributed by atoms with E-state index in [9.17, 15) is 8.42 Å². The second-order valence-electron chi connectivity index (χ2n) is 7.54. The van der Waals surface area contributed by atoms with Crippen LogP contribution in [0, 0.1) is 5.92 Å². The zero-order chi connectivity index (χ0) is 18.6. The molecule has 1 aliphatic heterocycles. The molecular formula is C19H28ClN3O2S. The van der Waals surface area contributed by atoms with Crippen LogP contribution in [-0.2, 0) is 16.4 Å². The molecule has 1 aromatic carbocycles. The SMILES string of the molecule is CN(Cc1ccc(Cl)cc1)C(=NCC1CCS(=O)(=O)C1)NC1CCCC1. The molecule has 2 fully saturated rings. The van der Waals surface area contributed by atoms with Crippen molar-refractivity contribution in [3.8, 4) is 0 Å². The summed E-state index contributed by atoms with van der Waals surface area (Å²) < 4.78 is 23.4. The van der Waals surface area contributed by atoms with Crippen LogP contribution >= 0.6 is 11.6 Å². The van der Waals surface area contributed by atoms with Crippen LogP contribution in [0.1, 0.15) is 37.7 Å². The van der Waals surface area contributed by atoms with Crippen molar-refractivity contribution >= 4 is 27.4 Å². The first-order valence-electron chi connectivity index (χ1n) is 9.38. The van der Waals surface area contributed by atoms with Crippen LogP contribution in [0.4, 0.5) is 0 Å². The molecule has 5 nitrogen and oxygen atoms in total. The Morgan fingerprint density at radius 1 is 1.23 bits per heavy atom. The predicted octanol–water partition coefficient (Wildman–Crippen LogP) is 3.09. The number of halogens is 1. The van der Waals surface area contributed by atoms with Gasteiger partial charge in [-0.15, -0.1) is 0 Å². The molecule has 1 atom stereocenters. The van der Waals surface area contributed by atoms with Gasteiger partial charge in [0, 0.05) is 31.2 Å². The maximum absolute atomic E-state index is 11.7. The van der Waals surface area contributed by atoms with E-state index in [0.717, 1.165) is 23.9 Å². The highest BCUT2D eigenvalue weighted by atomic mass is 35.5. The van der Waals surface area contributed by atoms with Crippen LogP contribution in [0.5, 0.6) is 0 Å². The molecular weight excluding hydrogens is 370 g/mol. The first-order chi connectivity index (χ1) is 12.4. The highest BCUT2D eigenvalue weighted by Gasteiger charge is 2.28. The average molecular weight is 398 g/mol. The highest BCUT2D eigenvalue weighted by molar-refractivity contribution is 7.91. The first-order valence-corrected chi connectivity index (χ1v) is 11.6. The Bertz CT molecular complexity index is 728. The molecule has 1 saturated carbocycles. The van der Waals surface area contributed by atoms with Gasteiger partial charge in [-0.1, -0.05) is 36.6 Å². The quantitative estimate of drug-likeness (QED) is 0.612. The van der Waals surface area contributed by atoms with Gasteiger partial charge in [0.2, 0.25) is 0 Å². The Balaban J connectivity index is 1.66. The molecule has 0 radical (unpaired) electrons. The molecule has 0 spiro atoms. The van der Waals surface area contributed by atoms with E-state index in [0.29, 0.717) is 18.3 Å². The summed E-state index contributed by atoms with van der Waals surface area (Å²) in [7, 11) is -0.826. The van der Waals surface area contributed by atoms with Crippen molar-refractivity contribution < 1.29 is 8.42 Å². The minimum atomic E-state index is -2.85. The largest absolute Gasteiger partial charge is 0.354 e. The molecule has 3 rings (SSSR count). The van der Waals surface area contributed by atoms with Gasteiger partial charge in [0.15, 0.2) is 15.8 Å². The second-order valence-corrected chi connectivity index (χ2v) is 10.2. The zero-order valence-corrected chi connectivity index (χ0v) is 16.9. The molecule has 1 unspecified atom stereocenters. The highest BCUT2D eigenvalue weighted by Crippen LogP contribution is 2.20. The standard InChI is InChI=1S/C19H28ClN3O2S/c1-23(13-15-6-8-17(20)9-7-15)19(22-18-4-2-3-5-18)21-12-16-10-11-26(24,25)14-16/h6-9,16,18H,2-5,10-14H2,1H3,(H,21,22). The number of nitrogens with one attached hydrogen (secondary N) is 1. The van der Waals surface area contributed by atoms with Gasteiger partial charge in [-0.05, 0) is 42.9 Å². The van der Waals surface area contributed by atoms with Crippen LogP contribution < -0.4 is 5.32 Å². The third-order valence-corrected chi connectivity index (χ3v) is 7.30. The third kappa shape index (κ3) is 5.61. The van der Waals surface area contributed by atoms with Gasteiger partial charge < -0.3 is 10.2 Å². The first kappa shape index (κ1) is 19.5. The van der Waals surface area contributed by atoms with E-state index in [4.69, 9.17) is 16.6 Å². The molecule has 2 aliphatic rings. The summed E-state index contributed by atoms with van der Waals surface area (Å²) in [6.45, 7) is 1.30. The van der Waals surface area contributed by atoms with Gasteiger partial charge in [0.1, 0.15) is 0 Å². The summed E-state index contributed by atoms with van der Waals surface area (Å²) >= 11 is 5.97. The average Bonchev–Trinajstić information content (AvgIpc) is 3.22. The number of sulfone groups is 1. The number of benzene rings is 1. The van der Waals surface area contributed by atoms with Crippen LogP contribution in [-0.4, -0.2) is 50.4 Å². The molecule has 1 saturated heterocycles. The minimum Gasteiger partial charge on any atom is -0.354 e. The summed E-state index contributed by atoms with van der Waals surface area (Å²) in [5.74, 6) is 1.59. The number of hydrogen-bond acceptors (Lipinski definition) is 3. The lowest BCUT2D eigenvalue weighted by Gasteiger charge is -2.26. The fourth-order valence-corrected chi connectivity index (χ4v) is 5.67. The Morgan fingerprint density at radius 3 is 2.54 bits per heavy atom. The van der Waals surface area contributed by atoms with Crippen LogP contribution in [0.2, 0.25) is 5.02 Å². The molecule has 1 aliphatic carbocycles. The van der Waals surface area contributed by atoms with Crippen molar-refractivity contribution in [2.75, 3.05) is 25.1 Å². The van der Waals surface area contributed by atoms with Crippen molar-refractivity contribution in [1.82, 2.24) is 10.2 Å². The van der Waals surface area contributed by atoms with Crippen molar-refractivity contribution in [3.63, 3.8) is 0 Å². The van der Waals surface area contributed by atoms with Gasteiger partial charge in [-0.2, -0.15) is 0 Å². The van der Waals surface area contributed by atoms with Gasteiger partial charge in [0.05, 0.1) is 11.5 Å². The Kier molecular flexibility index (Phi) is 6.46. The summed E-state index contributed by atoms with van der Waals surface area (Å²) in [6.07, 6.45) is 5.58. The maximum Gasteiger partial charge on any atom is 0.194 e. The van der Waals surface area contributed by atoms with E-state index in [1.807, 2.05) is 31.3 Å². The normalized spacial score (nSPS) is 23.3. The molecule has 0 amide bonds. The monoisotopic (exact) mass is 397 g/mol. The minimum absolute atomic E-state index is 0.143. The Hall–Kier alpha value is -1.27. The summed E-state index contributed by atoms with van der Waals surface area (Å²) in [5, 5.41) is 4.33. The van der Waals surface area contributed by atoms with Crippen molar-refractivity contribution in [1.29, 1.82) is 0 Å². The summed E-state index contributed by atoms with van der Waals surface area (Å²) in [5.41, 5.74) is 1.17. The maximum atomic E-state index is 11.7. The topological polar surface area (TPSA) is 61.8 Å². The predicted molar refractivity (Wildman–Crippen MR) is 107 cm³/mol. The van der Waals surface area contributed by atoms with E-state index in [1.165, 1.54) is 31.2 Å². The molecule has 0 aromatic heterocycles. The molecule has 26 heavy (non-hydrogen) atoms. The van der Waals surface area contributed by atoms with E-state index < -0.39 is 9.84 Å². The second kappa shape index (κ2) is 8.61. The van der Waals surface area contributed by atoms with Crippen LogP contribution in [0.3, 0.4) is 0 Å². The van der Waals surface area contributed by atoms with E-state index in [2.05, 4.69) is 10.2 Å². The fraction of sp³-hybridized carbons (Fsp3) is 0.632. The van der Waals surface area contributed by atoms with Crippen molar-refractivity contribution in [2.24, 2.45) is 10.9 Å². The summed E-state index contributed by atoms with van der Waals surface area (Å²) in [4.78, 5) is 6.91. The molecule has 1 heterocycles. The van der Waals surface area contributed by atoms with Crippen LogP contribution in [0.25, 0.3) is 0 Å². The molecule has 7 heteroatoms. The van der Waals surface area contributed by atoms with Gasteiger partial charge in [-0.3, -0.25) is 4.99 Å². The molecule has 1 N–H and O–H groups in total. The van der Waals surface area contributed by atoms with E-state index >= 15 is 0 Å². The smallest absolute Gasteiger partial charge is 0.194 e. The molecule has 1 aromatic rings. The van der Waals surface area contributed by atoms with Crippen molar-refractivity contribution in [2.45, 2.75) is 44.7 Å². The number of hydrogen-bond donors (Lipinski definition) is 1. The van der Waals surface area contributed by atoms with E-state index in [1.54, 1.807) is 0 Å². The van der Waals surface area contributed by atoms with E-state index in [-0.39, 0.29) is 11.7 Å². The van der Waals surface area contributed by atoms with Crippen LogP contribution in [0.15, 0.2) is 29.3 Å². The number of rotatable bonds is 5. The molecule has 144 valence electrons. The van der Waals surface area contributed by atoms with Gasteiger partial charge in [0.25, 0.3) is 0 Å². The fourth-order valence-electron chi connectivity index (χ4n) is 3.70. The Labute approximate surface area is 161 Å². The third-order valence-electron chi connectivity index (χ3n) is 5.21. The Morgan fingerprint density at radius 2 is 1.92 bits per heavy atom. The number of guanidine groups is 1. The zero-order valence-electron chi connectivity index (χ0n) is 15.3. The lowest BCUT2D eigenvalue weighted by Crippen LogP contribution is -2.43. The van der Waals surface area contributed by atoms with Crippen molar-refractivity contribution in [3.05, 3.63) is 34.9 Å². The summed E-state index contributed by atoms with van der Waals surface area (Å²) in [6, 6.07) is 8.31. The number of aliphatic imine (C=N–C) groups is 1. The lowest BCUT2D eigenvalue weighted by atomic mass is 10.1. The van der Waals surface area contributed by atoms with Gasteiger partial charge >= 0.3 is 0 Å². The van der Waals surface area contributed by atoms with Gasteiger partial charge in [-0.25, -0.2) is 8.42 Å². The lowest BCUT2D eigenvalue weighted by molar-refractivity contribution is 0.453. The molecule has 0 bridgehead atoms. The number of nitrogens with zero attached hydrogens (tertiary/aromatic N) is 2.